The maximum Gasteiger partial charge on any atom is 0.149 e. The fraction of sp³-hybridized carbons (Fsp3) is 0.429. The number of hydrogen-bond acceptors (Lipinski definition) is 4. The highest BCUT2D eigenvalue weighted by Crippen LogP contribution is 2.43. The Hall–Kier alpha value is -3.08. The SMILES string of the molecule is CCCN(CCC)c1c(N(C)C)ccc2c1c1cnc(C)nc1n2-c1c(C)cc(C)cc1C. The molecule has 0 atom stereocenters. The van der Waals surface area contributed by atoms with E-state index in [-0.39, 0.29) is 0 Å². The molecule has 0 amide bonds. The van der Waals surface area contributed by atoms with Gasteiger partial charge in [0, 0.05) is 44.2 Å². The molecule has 0 saturated carbocycles. The van der Waals surface area contributed by atoms with Crippen molar-refractivity contribution in [2.24, 2.45) is 0 Å². The summed E-state index contributed by atoms with van der Waals surface area (Å²) in [4.78, 5) is 14.4. The zero-order valence-electron chi connectivity index (χ0n) is 21.5. The molecule has 0 N–H and O–H groups in total. The summed E-state index contributed by atoms with van der Waals surface area (Å²) in [6.45, 7) is 15.1. The molecule has 5 nitrogen and oxygen atoms in total. The van der Waals surface area contributed by atoms with Crippen LogP contribution in [0.3, 0.4) is 0 Å². The summed E-state index contributed by atoms with van der Waals surface area (Å²) in [7, 11) is 4.27. The molecule has 0 spiro atoms. The van der Waals surface area contributed by atoms with E-state index >= 15 is 0 Å². The van der Waals surface area contributed by atoms with Gasteiger partial charge in [-0.05, 0) is 63.8 Å². The summed E-state index contributed by atoms with van der Waals surface area (Å²) in [5.74, 6) is 0.794. The van der Waals surface area contributed by atoms with Crippen LogP contribution in [-0.4, -0.2) is 41.7 Å². The predicted octanol–water partition coefficient (Wildman–Crippen LogP) is 6.50. The highest BCUT2D eigenvalue weighted by molar-refractivity contribution is 6.16. The Labute approximate surface area is 198 Å². The minimum Gasteiger partial charge on any atom is -0.376 e. The number of aromatic nitrogens is 3. The van der Waals surface area contributed by atoms with Crippen molar-refractivity contribution in [3.63, 3.8) is 0 Å². The number of anilines is 2. The number of benzene rings is 2. The molecule has 4 aromatic rings. The summed E-state index contributed by atoms with van der Waals surface area (Å²) >= 11 is 0. The van der Waals surface area contributed by atoms with Gasteiger partial charge in [-0.25, -0.2) is 9.97 Å². The second-order valence-corrected chi connectivity index (χ2v) is 9.45. The molecule has 0 aliphatic heterocycles. The Morgan fingerprint density at radius 1 is 0.909 bits per heavy atom. The van der Waals surface area contributed by atoms with Crippen molar-refractivity contribution in [1.29, 1.82) is 0 Å². The molecule has 0 unspecified atom stereocenters. The first-order valence-electron chi connectivity index (χ1n) is 12.1. The molecule has 2 aromatic carbocycles. The van der Waals surface area contributed by atoms with Gasteiger partial charge < -0.3 is 9.80 Å². The summed E-state index contributed by atoms with van der Waals surface area (Å²) in [6.07, 6.45) is 4.23. The highest BCUT2D eigenvalue weighted by Gasteiger charge is 2.24. The van der Waals surface area contributed by atoms with E-state index in [0.29, 0.717) is 0 Å². The molecule has 0 fully saturated rings. The third-order valence-electron chi connectivity index (χ3n) is 6.39. The highest BCUT2D eigenvalue weighted by atomic mass is 15.2. The standard InChI is InChI=1S/C28H37N5/c1-9-13-32(14-10-2)27-24(31(7)8)12-11-23-25(27)22-17-29-21(6)30-28(22)33(23)26-19(4)15-18(3)16-20(26)5/h11-12,15-17H,9-10,13-14H2,1-8H3. The van der Waals surface area contributed by atoms with Crippen molar-refractivity contribution in [2.45, 2.75) is 54.4 Å². The van der Waals surface area contributed by atoms with Crippen molar-refractivity contribution < 1.29 is 0 Å². The quantitative estimate of drug-likeness (QED) is 0.327. The molecule has 174 valence electrons. The molecule has 0 aliphatic rings. The molecule has 2 aromatic heterocycles. The Balaban J connectivity index is 2.22. The summed E-state index contributed by atoms with van der Waals surface area (Å²) < 4.78 is 2.36. The van der Waals surface area contributed by atoms with Crippen LogP contribution >= 0.6 is 0 Å². The summed E-state index contributed by atoms with van der Waals surface area (Å²) in [5, 5.41) is 2.36. The minimum atomic E-state index is 0.794. The van der Waals surface area contributed by atoms with E-state index < -0.39 is 0 Å². The molecule has 2 heterocycles. The number of aryl methyl sites for hydroxylation is 4. The smallest absolute Gasteiger partial charge is 0.149 e. The lowest BCUT2D eigenvalue weighted by molar-refractivity contribution is 0.746. The van der Waals surface area contributed by atoms with Gasteiger partial charge in [0.05, 0.1) is 22.6 Å². The van der Waals surface area contributed by atoms with Gasteiger partial charge in [0.1, 0.15) is 11.5 Å². The van der Waals surface area contributed by atoms with Crippen LogP contribution in [-0.2, 0) is 0 Å². The first-order chi connectivity index (χ1) is 15.8. The molecule has 0 saturated heterocycles. The van der Waals surface area contributed by atoms with Gasteiger partial charge in [0.2, 0.25) is 0 Å². The van der Waals surface area contributed by atoms with E-state index in [9.17, 15) is 0 Å². The van der Waals surface area contributed by atoms with Gasteiger partial charge >= 0.3 is 0 Å². The first kappa shape index (κ1) is 23.1. The molecule has 4 rings (SSSR count). The number of fused-ring (bicyclic) bond motifs is 3. The van der Waals surface area contributed by atoms with Crippen LogP contribution < -0.4 is 9.80 Å². The maximum atomic E-state index is 4.98. The normalized spacial score (nSPS) is 11.5. The molecule has 33 heavy (non-hydrogen) atoms. The average Bonchev–Trinajstić information content (AvgIpc) is 3.05. The van der Waals surface area contributed by atoms with Gasteiger partial charge in [-0.3, -0.25) is 4.57 Å². The summed E-state index contributed by atoms with van der Waals surface area (Å²) in [5.41, 5.74) is 9.74. The summed E-state index contributed by atoms with van der Waals surface area (Å²) in [6, 6.07) is 9.07. The fourth-order valence-corrected chi connectivity index (χ4v) is 5.25. The van der Waals surface area contributed by atoms with E-state index in [2.05, 4.69) is 92.3 Å². The van der Waals surface area contributed by atoms with E-state index in [1.54, 1.807) is 0 Å². The van der Waals surface area contributed by atoms with Crippen LogP contribution in [0.4, 0.5) is 11.4 Å². The van der Waals surface area contributed by atoms with Gasteiger partial charge in [-0.1, -0.05) is 31.5 Å². The Morgan fingerprint density at radius 2 is 1.55 bits per heavy atom. The van der Waals surface area contributed by atoms with E-state index in [0.717, 1.165) is 42.8 Å². The van der Waals surface area contributed by atoms with Crippen molar-refractivity contribution >= 4 is 33.3 Å². The third-order valence-corrected chi connectivity index (χ3v) is 6.39. The lowest BCUT2D eigenvalue weighted by Gasteiger charge is -2.30. The predicted molar refractivity (Wildman–Crippen MR) is 142 cm³/mol. The largest absolute Gasteiger partial charge is 0.376 e. The first-order valence-corrected chi connectivity index (χ1v) is 12.1. The van der Waals surface area contributed by atoms with E-state index in [4.69, 9.17) is 4.98 Å². The van der Waals surface area contributed by atoms with Gasteiger partial charge in [0.25, 0.3) is 0 Å². The molecule has 0 bridgehead atoms. The Kier molecular flexibility index (Phi) is 6.33. The second-order valence-electron chi connectivity index (χ2n) is 9.45. The number of hydrogen-bond donors (Lipinski definition) is 0. The maximum absolute atomic E-state index is 4.98. The van der Waals surface area contributed by atoms with Crippen LogP contribution in [0.25, 0.3) is 27.6 Å². The monoisotopic (exact) mass is 443 g/mol. The van der Waals surface area contributed by atoms with Crippen LogP contribution in [0.5, 0.6) is 0 Å². The van der Waals surface area contributed by atoms with Crippen molar-refractivity contribution in [1.82, 2.24) is 14.5 Å². The fourth-order valence-electron chi connectivity index (χ4n) is 5.25. The van der Waals surface area contributed by atoms with Crippen LogP contribution in [0, 0.1) is 27.7 Å². The van der Waals surface area contributed by atoms with Crippen LogP contribution in [0.1, 0.15) is 49.2 Å². The lowest BCUT2D eigenvalue weighted by Crippen LogP contribution is -2.27. The second kappa shape index (κ2) is 9.05. The van der Waals surface area contributed by atoms with E-state index in [1.165, 1.54) is 44.7 Å². The van der Waals surface area contributed by atoms with Crippen molar-refractivity contribution in [2.75, 3.05) is 37.0 Å². The third kappa shape index (κ3) is 3.94. The Bertz CT molecular complexity index is 1290. The lowest BCUT2D eigenvalue weighted by atomic mass is 10.0. The zero-order chi connectivity index (χ0) is 23.9. The van der Waals surface area contributed by atoms with Gasteiger partial charge in [-0.2, -0.15) is 0 Å². The number of rotatable bonds is 7. The number of nitrogens with zero attached hydrogens (tertiary/aromatic N) is 5. The minimum absolute atomic E-state index is 0.794. The van der Waals surface area contributed by atoms with Gasteiger partial charge in [0.15, 0.2) is 0 Å². The van der Waals surface area contributed by atoms with Crippen LogP contribution in [0.2, 0.25) is 0 Å². The molecule has 0 radical (unpaired) electrons. The molecular formula is C28H37N5. The zero-order valence-corrected chi connectivity index (χ0v) is 21.5. The van der Waals surface area contributed by atoms with E-state index in [1.807, 2.05) is 13.1 Å². The average molecular weight is 444 g/mol. The van der Waals surface area contributed by atoms with Crippen LogP contribution in [0.15, 0.2) is 30.5 Å². The molecular weight excluding hydrogens is 406 g/mol. The van der Waals surface area contributed by atoms with Crippen molar-refractivity contribution in [3.05, 3.63) is 53.0 Å². The van der Waals surface area contributed by atoms with Gasteiger partial charge in [-0.15, -0.1) is 0 Å². The molecule has 5 heteroatoms. The topological polar surface area (TPSA) is 37.2 Å². The van der Waals surface area contributed by atoms with Crippen molar-refractivity contribution in [3.8, 4) is 5.69 Å². The molecule has 0 aliphatic carbocycles. The Morgan fingerprint density at radius 3 is 2.12 bits per heavy atom.